The lowest BCUT2D eigenvalue weighted by atomic mass is 9.86. The van der Waals surface area contributed by atoms with E-state index in [4.69, 9.17) is 4.74 Å². The van der Waals surface area contributed by atoms with E-state index in [0.717, 1.165) is 18.3 Å². The van der Waals surface area contributed by atoms with Gasteiger partial charge in [0, 0.05) is 0 Å². The molecule has 0 aliphatic carbocycles. The van der Waals surface area contributed by atoms with E-state index in [0.29, 0.717) is 15.1 Å². The van der Waals surface area contributed by atoms with Gasteiger partial charge in [-0.05, 0) is 123 Å². The van der Waals surface area contributed by atoms with E-state index in [2.05, 4.69) is 73.0 Å². The molecule has 0 saturated heterocycles. The number of carboxylic acids is 1. The van der Waals surface area contributed by atoms with Gasteiger partial charge in [-0.15, -0.1) is 0 Å². The van der Waals surface area contributed by atoms with Crippen LogP contribution in [0.5, 0.6) is 17.2 Å². The number of halogens is 3. The molecule has 27 heavy (non-hydrogen) atoms. The quantitative estimate of drug-likeness (QED) is 0.257. The molecule has 0 spiro atoms. The molecule has 1 unspecified atom stereocenters. The van der Waals surface area contributed by atoms with Gasteiger partial charge in [-0.2, -0.15) is 0 Å². The van der Waals surface area contributed by atoms with Crippen molar-refractivity contribution < 1.29 is 24.8 Å². The summed E-state index contributed by atoms with van der Waals surface area (Å²) >= 11 is 6.36. The molecule has 0 saturated carbocycles. The Morgan fingerprint density at radius 2 is 1.78 bits per heavy atom. The average molecular weight is 707 g/mol. The highest BCUT2D eigenvalue weighted by Crippen LogP contribution is 2.36. The van der Waals surface area contributed by atoms with Gasteiger partial charge in [-0.25, -0.2) is 0 Å². The van der Waals surface area contributed by atoms with Gasteiger partial charge >= 0.3 is 13.0 Å². The van der Waals surface area contributed by atoms with Crippen molar-refractivity contribution in [3.8, 4) is 17.2 Å². The number of aryl methyl sites for hydroxylation is 1. The molecule has 10 heteroatoms. The lowest BCUT2D eigenvalue weighted by molar-refractivity contribution is -0.139. The van der Waals surface area contributed by atoms with Gasteiger partial charge in [-0.1, -0.05) is 0 Å². The molecule has 2 aromatic carbocycles. The monoisotopic (exact) mass is 707 g/mol. The summed E-state index contributed by atoms with van der Waals surface area (Å²) in [4.78, 5) is 11.4. The number of aliphatic carboxylic acids is 1. The maximum absolute atomic E-state index is 11.4. The Kier molecular flexibility index (Phi) is 8.45. The first-order valence-electron chi connectivity index (χ1n) is 7.90. The Morgan fingerprint density at radius 3 is 2.26 bits per heavy atom. The largest absolute Gasteiger partial charge is 0.507 e. The number of hydrogen-bond donors (Lipinski definition) is 4. The second-order valence-electron chi connectivity index (χ2n) is 6.00. The van der Waals surface area contributed by atoms with E-state index in [1.807, 2.05) is 19.1 Å². The van der Waals surface area contributed by atoms with E-state index >= 15 is 0 Å². The number of carboxylic acid groups (broad SMARTS) is 1. The number of hydrogen-bond acceptors (Lipinski definition) is 5. The van der Waals surface area contributed by atoms with E-state index in [1.54, 1.807) is 12.1 Å². The Balaban J connectivity index is 2.27. The Labute approximate surface area is 198 Å². The predicted octanol–water partition coefficient (Wildman–Crippen LogP) is 4.00. The fourth-order valence-electron chi connectivity index (χ4n) is 2.45. The number of ether oxygens (including phenoxy) is 1. The molecule has 0 aliphatic rings. The van der Waals surface area contributed by atoms with Gasteiger partial charge in [-0.3, -0.25) is 4.79 Å². The van der Waals surface area contributed by atoms with Crippen molar-refractivity contribution in [1.82, 2.24) is 5.23 Å². The van der Waals surface area contributed by atoms with Crippen LogP contribution in [0.15, 0.2) is 24.3 Å². The molecule has 1 atom stereocenters. The molecular formula is C17H17BI3NO5. The molecule has 0 aromatic heterocycles. The first kappa shape index (κ1) is 23.0. The minimum absolute atomic E-state index is 0.239. The van der Waals surface area contributed by atoms with Crippen molar-refractivity contribution in [3.63, 3.8) is 0 Å². The number of nitrogens with one attached hydrogen (secondary N) is 1. The van der Waals surface area contributed by atoms with Crippen molar-refractivity contribution in [2.75, 3.05) is 0 Å². The number of rotatable bonds is 7. The summed E-state index contributed by atoms with van der Waals surface area (Å²) in [5, 5.41) is 31.3. The molecule has 6 nitrogen and oxygen atoms in total. The van der Waals surface area contributed by atoms with Crippen LogP contribution in [0.2, 0.25) is 6.82 Å². The van der Waals surface area contributed by atoms with Crippen molar-refractivity contribution in [2.24, 2.45) is 0 Å². The standard InChI is InChI=1S/C17H17BI3NO5/c1-8-3-10(7-11(19)15(8)23)27-16-12(20)4-9(5-13(16)21)6-14(17(24)25)22-18(2)26/h3-5,7,14,22-23,26H,6H2,1-2H3,(H,24,25). The highest BCUT2D eigenvalue weighted by Gasteiger charge is 2.22. The highest BCUT2D eigenvalue weighted by molar-refractivity contribution is 14.1. The highest BCUT2D eigenvalue weighted by atomic mass is 127. The number of phenolic OH excluding ortho intramolecular Hbond substituents is 1. The molecule has 0 heterocycles. The molecule has 0 aliphatic heterocycles. The molecule has 0 fully saturated rings. The van der Waals surface area contributed by atoms with Crippen LogP contribution in [0.1, 0.15) is 11.1 Å². The Morgan fingerprint density at radius 1 is 1.19 bits per heavy atom. The number of carbonyl (C=O) groups is 1. The zero-order chi connectivity index (χ0) is 20.3. The summed E-state index contributed by atoms with van der Waals surface area (Å²) in [6.07, 6.45) is 0.239. The molecule has 144 valence electrons. The average Bonchev–Trinajstić information content (AvgIpc) is 2.54. The van der Waals surface area contributed by atoms with Gasteiger partial charge in [0.25, 0.3) is 0 Å². The van der Waals surface area contributed by atoms with Crippen molar-refractivity contribution in [1.29, 1.82) is 0 Å². The van der Waals surface area contributed by atoms with Crippen LogP contribution in [-0.2, 0) is 11.2 Å². The minimum atomic E-state index is -1.02. The third-order valence-corrected chi connectivity index (χ3v) is 6.11. The fraction of sp³-hybridized carbons (Fsp3) is 0.235. The molecule has 4 N–H and O–H groups in total. The van der Waals surface area contributed by atoms with Crippen molar-refractivity contribution in [3.05, 3.63) is 46.1 Å². The Hall–Kier alpha value is -0.315. The van der Waals surface area contributed by atoms with Gasteiger partial charge in [0.1, 0.15) is 17.5 Å². The van der Waals surface area contributed by atoms with Crippen LogP contribution in [-0.4, -0.2) is 34.3 Å². The maximum Gasteiger partial charge on any atom is 0.374 e. The maximum atomic E-state index is 11.4. The van der Waals surface area contributed by atoms with Gasteiger partial charge in [0.05, 0.1) is 10.7 Å². The Bertz CT molecular complexity index is 816. The van der Waals surface area contributed by atoms with Crippen LogP contribution in [0.3, 0.4) is 0 Å². The zero-order valence-corrected chi connectivity index (χ0v) is 20.9. The lowest BCUT2D eigenvalue weighted by Gasteiger charge is -2.17. The summed E-state index contributed by atoms with van der Waals surface area (Å²) in [5.41, 5.74) is 1.56. The first-order valence-corrected chi connectivity index (χ1v) is 11.1. The predicted molar refractivity (Wildman–Crippen MR) is 130 cm³/mol. The van der Waals surface area contributed by atoms with Gasteiger partial charge in [0.15, 0.2) is 5.75 Å². The van der Waals surface area contributed by atoms with Crippen molar-refractivity contribution in [2.45, 2.75) is 26.2 Å². The number of aromatic hydroxyl groups is 1. The third-order valence-electron chi connectivity index (χ3n) is 3.69. The smallest absolute Gasteiger partial charge is 0.374 e. The summed E-state index contributed by atoms with van der Waals surface area (Å²) in [6, 6.07) is 6.39. The van der Waals surface area contributed by atoms with Crippen LogP contribution in [0.25, 0.3) is 0 Å². The van der Waals surface area contributed by atoms with E-state index in [1.165, 1.54) is 6.82 Å². The fourth-order valence-corrected chi connectivity index (χ4v) is 5.30. The number of benzene rings is 2. The summed E-state index contributed by atoms with van der Waals surface area (Å²) in [7, 11) is -0.910. The third kappa shape index (κ3) is 6.34. The normalized spacial score (nSPS) is 11.9. The second kappa shape index (κ2) is 9.94. The lowest BCUT2D eigenvalue weighted by Crippen LogP contribution is -2.46. The summed E-state index contributed by atoms with van der Waals surface area (Å²) < 4.78 is 8.42. The summed E-state index contributed by atoms with van der Waals surface area (Å²) in [6.45, 7) is 3.30. The minimum Gasteiger partial charge on any atom is -0.507 e. The first-order chi connectivity index (χ1) is 12.6. The van der Waals surface area contributed by atoms with Gasteiger partial charge < -0.3 is 25.2 Å². The van der Waals surface area contributed by atoms with Crippen LogP contribution < -0.4 is 9.96 Å². The molecular weight excluding hydrogens is 690 g/mol. The van der Waals surface area contributed by atoms with E-state index < -0.39 is 19.1 Å². The SMILES string of the molecule is CB(O)NC(Cc1cc(I)c(Oc2cc(C)c(O)c(I)c2)c(I)c1)C(=O)O. The van der Waals surface area contributed by atoms with Crippen LogP contribution in [0, 0.1) is 17.6 Å². The molecule has 0 radical (unpaired) electrons. The molecule has 2 aromatic rings. The van der Waals surface area contributed by atoms with Crippen molar-refractivity contribution >= 4 is 80.8 Å². The zero-order valence-electron chi connectivity index (χ0n) is 14.5. The molecule has 0 amide bonds. The molecule has 2 rings (SSSR count). The van der Waals surface area contributed by atoms with Gasteiger partial charge in [0.2, 0.25) is 0 Å². The summed E-state index contributed by atoms with van der Waals surface area (Å²) in [5.74, 6) is 0.525. The van der Waals surface area contributed by atoms with Crippen LogP contribution in [0.4, 0.5) is 0 Å². The topological polar surface area (TPSA) is 99.0 Å². The number of phenols is 1. The molecule has 0 bridgehead atoms. The van der Waals surface area contributed by atoms with E-state index in [9.17, 15) is 20.0 Å². The van der Waals surface area contributed by atoms with Crippen LogP contribution >= 0.6 is 67.8 Å². The van der Waals surface area contributed by atoms with E-state index in [-0.39, 0.29) is 12.2 Å². The second-order valence-corrected chi connectivity index (χ2v) is 9.49.